The van der Waals surface area contributed by atoms with Gasteiger partial charge in [0, 0.05) is 23.7 Å². The SMILES string of the molecule is CC1CCCCN1CCOc1ccc(NC(=O)C(C)(C)C)cc1. The van der Waals surface area contributed by atoms with Crippen LogP contribution in [0.15, 0.2) is 24.3 Å². The number of nitrogens with zero attached hydrogens (tertiary/aromatic N) is 1. The Morgan fingerprint density at radius 2 is 1.96 bits per heavy atom. The van der Waals surface area contributed by atoms with E-state index >= 15 is 0 Å². The van der Waals surface area contributed by atoms with Crippen molar-refractivity contribution in [3.63, 3.8) is 0 Å². The van der Waals surface area contributed by atoms with Crippen LogP contribution in [0.3, 0.4) is 0 Å². The first kappa shape index (κ1) is 17.8. The second-order valence-electron chi connectivity index (χ2n) is 7.46. The zero-order valence-corrected chi connectivity index (χ0v) is 14.9. The molecule has 0 bridgehead atoms. The van der Waals surface area contributed by atoms with E-state index in [2.05, 4.69) is 17.1 Å². The van der Waals surface area contributed by atoms with Gasteiger partial charge in [0.2, 0.25) is 5.91 Å². The monoisotopic (exact) mass is 318 g/mol. The molecule has 0 saturated carbocycles. The summed E-state index contributed by atoms with van der Waals surface area (Å²) in [4.78, 5) is 14.5. The smallest absolute Gasteiger partial charge is 0.229 e. The molecule has 1 saturated heterocycles. The summed E-state index contributed by atoms with van der Waals surface area (Å²) >= 11 is 0. The first-order chi connectivity index (χ1) is 10.9. The Labute approximate surface area is 140 Å². The molecule has 1 atom stereocenters. The van der Waals surface area contributed by atoms with Crippen LogP contribution in [0.2, 0.25) is 0 Å². The van der Waals surface area contributed by atoms with E-state index in [1.165, 1.54) is 25.8 Å². The van der Waals surface area contributed by atoms with Crippen LogP contribution in [0.25, 0.3) is 0 Å². The lowest BCUT2D eigenvalue weighted by atomic mass is 9.95. The van der Waals surface area contributed by atoms with E-state index in [0.717, 1.165) is 18.0 Å². The van der Waals surface area contributed by atoms with Gasteiger partial charge in [0.25, 0.3) is 0 Å². The van der Waals surface area contributed by atoms with Crippen LogP contribution >= 0.6 is 0 Å². The zero-order valence-electron chi connectivity index (χ0n) is 14.9. The highest BCUT2D eigenvalue weighted by Crippen LogP contribution is 2.20. The summed E-state index contributed by atoms with van der Waals surface area (Å²) in [5.74, 6) is 0.869. The minimum Gasteiger partial charge on any atom is -0.492 e. The second kappa shape index (κ2) is 7.82. The first-order valence-electron chi connectivity index (χ1n) is 8.64. The molecule has 128 valence electrons. The van der Waals surface area contributed by atoms with E-state index in [1.807, 2.05) is 45.0 Å². The number of piperidine rings is 1. The number of carbonyl (C=O) groups is 1. The molecule has 23 heavy (non-hydrogen) atoms. The van der Waals surface area contributed by atoms with E-state index in [-0.39, 0.29) is 11.3 Å². The largest absolute Gasteiger partial charge is 0.492 e. The van der Waals surface area contributed by atoms with Crippen molar-refractivity contribution in [1.29, 1.82) is 0 Å². The van der Waals surface area contributed by atoms with Crippen LogP contribution in [0.5, 0.6) is 5.75 Å². The fourth-order valence-electron chi connectivity index (χ4n) is 2.72. The lowest BCUT2D eigenvalue weighted by Gasteiger charge is -2.33. The molecule has 1 unspecified atom stereocenters. The normalized spacial score (nSPS) is 19.4. The Kier molecular flexibility index (Phi) is 6.05. The molecule has 4 heteroatoms. The summed E-state index contributed by atoms with van der Waals surface area (Å²) in [6.45, 7) is 10.9. The van der Waals surface area contributed by atoms with Gasteiger partial charge in [0.05, 0.1) is 0 Å². The highest BCUT2D eigenvalue weighted by Gasteiger charge is 2.21. The molecule has 1 heterocycles. The molecule has 1 aromatic carbocycles. The number of hydrogen-bond acceptors (Lipinski definition) is 3. The summed E-state index contributed by atoms with van der Waals surface area (Å²) in [5, 5.41) is 2.92. The Morgan fingerprint density at radius 3 is 2.57 bits per heavy atom. The zero-order chi connectivity index (χ0) is 16.9. The third-order valence-corrected chi connectivity index (χ3v) is 4.38. The van der Waals surface area contributed by atoms with Gasteiger partial charge < -0.3 is 10.1 Å². The quantitative estimate of drug-likeness (QED) is 0.894. The fraction of sp³-hybridized carbons (Fsp3) is 0.632. The van der Waals surface area contributed by atoms with Crippen LogP contribution in [0.4, 0.5) is 5.69 Å². The van der Waals surface area contributed by atoms with Crippen LogP contribution in [-0.2, 0) is 4.79 Å². The number of benzene rings is 1. The summed E-state index contributed by atoms with van der Waals surface area (Å²) in [6.07, 6.45) is 3.94. The van der Waals surface area contributed by atoms with Crippen molar-refractivity contribution >= 4 is 11.6 Å². The van der Waals surface area contributed by atoms with Crippen molar-refractivity contribution in [3.8, 4) is 5.75 Å². The van der Waals surface area contributed by atoms with Gasteiger partial charge in [-0.05, 0) is 50.6 Å². The Morgan fingerprint density at radius 1 is 1.26 bits per heavy atom. The summed E-state index contributed by atoms with van der Waals surface area (Å²) in [5.41, 5.74) is 0.419. The lowest BCUT2D eigenvalue weighted by Crippen LogP contribution is -2.39. The van der Waals surface area contributed by atoms with Crippen molar-refractivity contribution in [2.45, 2.75) is 53.0 Å². The maximum absolute atomic E-state index is 11.9. The molecule has 1 aliphatic rings. The van der Waals surface area contributed by atoms with Crippen molar-refractivity contribution in [1.82, 2.24) is 4.90 Å². The van der Waals surface area contributed by atoms with Gasteiger partial charge in [0.1, 0.15) is 12.4 Å². The highest BCUT2D eigenvalue weighted by molar-refractivity contribution is 5.94. The Hall–Kier alpha value is -1.55. The van der Waals surface area contributed by atoms with Crippen LogP contribution in [0.1, 0.15) is 47.0 Å². The van der Waals surface area contributed by atoms with Gasteiger partial charge in [-0.1, -0.05) is 27.2 Å². The molecule has 1 aromatic rings. The van der Waals surface area contributed by atoms with Crippen molar-refractivity contribution in [2.24, 2.45) is 5.41 Å². The number of carbonyl (C=O) groups excluding carboxylic acids is 1. The minimum absolute atomic E-state index is 0.0188. The molecular weight excluding hydrogens is 288 g/mol. The van der Waals surface area contributed by atoms with Gasteiger partial charge in [-0.15, -0.1) is 0 Å². The number of hydrogen-bond donors (Lipinski definition) is 1. The maximum Gasteiger partial charge on any atom is 0.229 e. The number of likely N-dealkylation sites (tertiary alicyclic amines) is 1. The van der Waals surface area contributed by atoms with E-state index < -0.39 is 0 Å². The van der Waals surface area contributed by atoms with Gasteiger partial charge in [0.15, 0.2) is 0 Å². The van der Waals surface area contributed by atoms with Crippen molar-refractivity contribution in [2.75, 3.05) is 25.0 Å². The van der Waals surface area contributed by atoms with Crippen LogP contribution < -0.4 is 10.1 Å². The van der Waals surface area contributed by atoms with E-state index in [9.17, 15) is 4.79 Å². The molecule has 4 nitrogen and oxygen atoms in total. The third kappa shape index (κ3) is 5.54. The third-order valence-electron chi connectivity index (χ3n) is 4.38. The summed E-state index contributed by atoms with van der Waals surface area (Å²) in [7, 11) is 0. The van der Waals surface area contributed by atoms with Gasteiger partial charge in [-0.2, -0.15) is 0 Å². The molecule has 0 radical (unpaired) electrons. The number of ether oxygens (including phenoxy) is 1. The highest BCUT2D eigenvalue weighted by atomic mass is 16.5. The summed E-state index contributed by atoms with van der Waals surface area (Å²) in [6, 6.07) is 8.28. The maximum atomic E-state index is 11.9. The van der Waals surface area contributed by atoms with Crippen molar-refractivity contribution in [3.05, 3.63) is 24.3 Å². The average molecular weight is 318 g/mol. The molecule has 1 aliphatic heterocycles. The number of rotatable bonds is 5. The van der Waals surface area contributed by atoms with Gasteiger partial charge in [-0.25, -0.2) is 0 Å². The molecular formula is C19H30N2O2. The molecule has 1 N–H and O–H groups in total. The molecule has 1 fully saturated rings. The van der Waals surface area contributed by atoms with E-state index in [1.54, 1.807) is 0 Å². The standard InChI is InChI=1S/C19H30N2O2/c1-15-7-5-6-12-21(15)13-14-23-17-10-8-16(9-11-17)20-18(22)19(2,3)4/h8-11,15H,5-7,12-14H2,1-4H3,(H,20,22). The summed E-state index contributed by atoms with van der Waals surface area (Å²) < 4.78 is 5.83. The minimum atomic E-state index is -0.389. The van der Waals surface area contributed by atoms with E-state index in [4.69, 9.17) is 4.74 Å². The van der Waals surface area contributed by atoms with Crippen LogP contribution in [-0.4, -0.2) is 36.5 Å². The average Bonchev–Trinajstić information content (AvgIpc) is 2.50. The second-order valence-corrected chi connectivity index (χ2v) is 7.46. The molecule has 2 rings (SSSR count). The molecule has 0 aromatic heterocycles. The predicted molar refractivity (Wildman–Crippen MR) is 94.9 cm³/mol. The number of nitrogens with one attached hydrogen (secondary N) is 1. The van der Waals surface area contributed by atoms with E-state index in [0.29, 0.717) is 12.6 Å². The predicted octanol–water partition coefficient (Wildman–Crippen LogP) is 3.92. The Balaban J connectivity index is 1.77. The fourth-order valence-corrected chi connectivity index (χ4v) is 2.72. The lowest BCUT2D eigenvalue weighted by molar-refractivity contribution is -0.123. The number of anilines is 1. The van der Waals surface area contributed by atoms with Gasteiger partial charge in [-0.3, -0.25) is 9.69 Å². The topological polar surface area (TPSA) is 41.6 Å². The molecule has 0 aliphatic carbocycles. The molecule has 1 amide bonds. The van der Waals surface area contributed by atoms with Crippen molar-refractivity contribution < 1.29 is 9.53 Å². The van der Waals surface area contributed by atoms with Crippen LogP contribution in [0, 0.1) is 5.41 Å². The van der Waals surface area contributed by atoms with Gasteiger partial charge >= 0.3 is 0 Å². The Bertz CT molecular complexity index is 505. The molecule has 0 spiro atoms. The first-order valence-corrected chi connectivity index (χ1v) is 8.64. The number of amides is 1.